The van der Waals surface area contributed by atoms with Crippen molar-refractivity contribution < 1.29 is 4.79 Å². The quantitative estimate of drug-likeness (QED) is 0.549. The van der Waals surface area contributed by atoms with Gasteiger partial charge in [0.15, 0.2) is 0 Å². The van der Waals surface area contributed by atoms with Crippen molar-refractivity contribution in [2.75, 3.05) is 6.54 Å². The maximum absolute atomic E-state index is 11.4. The second kappa shape index (κ2) is 4.62. The number of hydrogen-bond acceptors (Lipinski definition) is 3. The number of carbonyl (C=O) groups is 1. The fourth-order valence-electron chi connectivity index (χ4n) is 1.21. The molecule has 0 aromatic carbocycles. The van der Waals surface area contributed by atoms with Crippen LogP contribution in [0, 0.1) is 0 Å². The normalized spacial score (nSPS) is 28.1. The molecule has 4 N–H and O–H groups in total. The lowest BCUT2D eigenvalue weighted by Gasteiger charge is -2.08. The molecule has 1 aliphatic heterocycles. The van der Waals surface area contributed by atoms with Crippen molar-refractivity contribution in [1.82, 2.24) is 10.6 Å². The molecule has 1 atom stereocenters. The van der Waals surface area contributed by atoms with Crippen LogP contribution in [-0.2, 0) is 4.79 Å². The van der Waals surface area contributed by atoms with Gasteiger partial charge in [0, 0.05) is 6.54 Å². The number of amides is 1. The molecule has 1 fully saturated rings. The van der Waals surface area contributed by atoms with E-state index in [1.807, 2.05) is 13.0 Å². The molecule has 0 aromatic heterocycles. The molecule has 76 valence electrons. The van der Waals surface area contributed by atoms with Gasteiger partial charge in [-0.25, -0.2) is 0 Å². The van der Waals surface area contributed by atoms with E-state index in [9.17, 15) is 4.79 Å². The van der Waals surface area contributed by atoms with Crippen molar-refractivity contribution in [3.63, 3.8) is 0 Å². The maximum atomic E-state index is 11.4. The van der Waals surface area contributed by atoms with Gasteiger partial charge in [-0.05, 0) is 13.0 Å². The number of nitrogens with two attached hydrogens (primary N) is 1. The summed E-state index contributed by atoms with van der Waals surface area (Å²) in [6, 6.07) is -0.513. The number of nitrogens with one attached hydrogen (secondary N) is 2. The van der Waals surface area contributed by atoms with Crippen molar-refractivity contribution in [2.24, 2.45) is 5.73 Å². The second-order valence-corrected chi connectivity index (χ2v) is 3.00. The largest absolute Gasteiger partial charge is 0.382 e. The van der Waals surface area contributed by atoms with Crippen molar-refractivity contribution >= 4 is 5.91 Å². The molecular formula is C10H15N3O. The van der Waals surface area contributed by atoms with E-state index in [1.165, 1.54) is 0 Å². The van der Waals surface area contributed by atoms with Crippen molar-refractivity contribution in [3.8, 4) is 0 Å². The zero-order valence-electron chi connectivity index (χ0n) is 8.21. The summed E-state index contributed by atoms with van der Waals surface area (Å²) in [6.45, 7) is 5.92. The van der Waals surface area contributed by atoms with Crippen LogP contribution in [0.2, 0.25) is 0 Å². The summed E-state index contributed by atoms with van der Waals surface area (Å²) < 4.78 is 0. The number of rotatable bonds is 1. The lowest BCUT2D eigenvalue weighted by Crippen LogP contribution is -2.42. The van der Waals surface area contributed by atoms with Gasteiger partial charge in [-0.3, -0.25) is 4.79 Å². The van der Waals surface area contributed by atoms with Gasteiger partial charge in [0.2, 0.25) is 5.91 Å². The van der Waals surface area contributed by atoms with Gasteiger partial charge in [0.1, 0.15) is 6.04 Å². The first-order valence-corrected chi connectivity index (χ1v) is 4.48. The highest BCUT2D eigenvalue weighted by Gasteiger charge is 2.20. The summed E-state index contributed by atoms with van der Waals surface area (Å²) in [6.07, 6.45) is 5.24. The molecule has 1 rings (SSSR count). The van der Waals surface area contributed by atoms with Gasteiger partial charge in [0.25, 0.3) is 0 Å². The Morgan fingerprint density at radius 2 is 2.29 bits per heavy atom. The van der Waals surface area contributed by atoms with E-state index in [0.29, 0.717) is 12.2 Å². The Hall–Kier alpha value is -1.55. The van der Waals surface area contributed by atoms with E-state index in [-0.39, 0.29) is 5.91 Å². The van der Waals surface area contributed by atoms with Crippen LogP contribution in [0.4, 0.5) is 0 Å². The maximum Gasteiger partial charge on any atom is 0.243 e. The molecule has 0 aliphatic carbocycles. The third kappa shape index (κ3) is 2.23. The van der Waals surface area contributed by atoms with Crippen LogP contribution < -0.4 is 16.4 Å². The molecular weight excluding hydrogens is 178 g/mol. The summed E-state index contributed by atoms with van der Waals surface area (Å²) in [5.41, 5.74) is 7.17. The van der Waals surface area contributed by atoms with Crippen LogP contribution in [0.5, 0.6) is 0 Å². The summed E-state index contributed by atoms with van der Waals surface area (Å²) in [5.74, 6) is -0.178. The van der Waals surface area contributed by atoms with Crippen molar-refractivity contribution in [2.45, 2.75) is 13.0 Å². The lowest BCUT2D eigenvalue weighted by molar-refractivity contribution is -0.121. The molecule has 0 saturated carbocycles. The van der Waals surface area contributed by atoms with Crippen molar-refractivity contribution in [1.29, 1.82) is 0 Å². The van der Waals surface area contributed by atoms with Crippen LogP contribution in [-0.4, -0.2) is 18.5 Å². The molecule has 1 aliphatic rings. The van der Waals surface area contributed by atoms with Crippen LogP contribution in [0.3, 0.4) is 0 Å². The Labute approximate surface area is 83.6 Å². The third-order valence-electron chi connectivity index (χ3n) is 1.97. The molecule has 1 saturated heterocycles. The fraction of sp³-hybridized carbons (Fsp3) is 0.300. The van der Waals surface area contributed by atoms with E-state index in [1.54, 1.807) is 12.2 Å². The zero-order chi connectivity index (χ0) is 10.6. The van der Waals surface area contributed by atoms with Gasteiger partial charge in [-0.15, -0.1) is 0 Å². The molecule has 0 spiro atoms. The minimum Gasteiger partial charge on any atom is -0.382 e. The molecule has 1 amide bonds. The van der Waals surface area contributed by atoms with Gasteiger partial charge in [0.05, 0.1) is 11.4 Å². The van der Waals surface area contributed by atoms with Crippen LogP contribution >= 0.6 is 0 Å². The van der Waals surface area contributed by atoms with E-state index < -0.39 is 6.04 Å². The Bertz CT molecular complexity index is 304. The number of carbonyl (C=O) groups excluding carboxylic acids is 1. The van der Waals surface area contributed by atoms with Crippen molar-refractivity contribution in [3.05, 3.63) is 36.2 Å². The average Bonchev–Trinajstić information content (AvgIpc) is 2.29. The van der Waals surface area contributed by atoms with E-state index >= 15 is 0 Å². The minimum atomic E-state index is -0.513. The van der Waals surface area contributed by atoms with Crippen LogP contribution in [0.25, 0.3) is 0 Å². The predicted octanol–water partition coefficient (Wildman–Crippen LogP) is 0.00680. The Morgan fingerprint density at radius 1 is 1.57 bits per heavy atom. The zero-order valence-corrected chi connectivity index (χ0v) is 8.21. The molecule has 4 heteroatoms. The summed E-state index contributed by atoms with van der Waals surface area (Å²) in [7, 11) is 0. The number of hydrogen-bond donors (Lipinski definition) is 3. The highest BCUT2D eigenvalue weighted by molar-refractivity contribution is 5.84. The number of allylic oxidation sites excluding steroid dienone is 3. The van der Waals surface area contributed by atoms with Gasteiger partial charge in [-0.2, -0.15) is 0 Å². The summed E-state index contributed by atoms with van der Waals surface area (Å²) in [5, 5.41) is 5.81. The summed E-state index contributed by atoms with van der Waals surface area (Å²) in [4.78, 5) is 11.4. The topological polar surface area (TPSA) is 67.2 Å². The molecule has 14 heavy (non-hydrogen) atoms. The van der Waals surface area contributed by atoms with Crippen LogP contribution in [0.1, 0.15) is 6.92 Å². The highest BCUT2D eigenvalue weighted by atomic mass is 16.2. The second-order valence-electron chi connectivity index (χ2n) is 3.00. The Kier molecular flexibility index (Phi) is 3.48. The Balaban J connectivity index is 2.95. The predicted molar refractivity (Wildman–Crippen MR) is 56.2 cm³/mol. The molecule has 0 radical (unpaired) electrons. The molecule has 4 nitrogen and oxygen atoms in total. The van der Waals surface area contributed by atoms with Gasteiger partial charge in [-0.1, -0.05) is 18.7 Å². The SMILES string of the molecule is C=C/C=C1/NC(=O)[C@@H](N)CN/C1=C/C. The fourth-order valence-corrected chi connectivity index (χ4v) is 1.21. The highest BCUT2D eigenvalue weighted by Crippen LogP contribution is 2.06. The van der Waals surface area contributed by atoms with Gasteiger partial charge < -0.3 is 16.4 Å². The smallest absolute Gasteiger partial charge is 0.243 e. The first kappa shape index (κ1) is 10.5. The molecule has 0 aromatic rings. The lowest BCUT2D eigenvalue weighted by atomic mass is 10.3. The average molecular weight is 193 g/mol. The summed E-state index contributed by atoms with van der Waals surface area (Å²) >= 11 is 0. The van der Waals surface area contributed by atoms with Crippen LogP contribution in [0.15, 0.2) is 36.2 Å². The first-order chi connectivity index (χ1) is 6.69. The first-order valence-electron chi connectivity index (χ1n) is 4.48. The van der Waals surface area contributed by atoms with Gasteiger partial charge >= 0.3 is 0 Å². The molecule has 0 unspecified atom stereocenters. The van der Waals surface area contributed by atoms with E-state index in [2.05, 4.69) is 17.2 Å². The monoisotopic (exact) mass is 193 g/mol. The standard InChI is InChI=1S/C10H15N3O/c1-3-5-9-8(4-2)12-6-7(11)10(14)13-9/h3-5,7,12H,1,6,11H2,2H3,(H,13,14)/b8-4+,9-5+/t7-/m0/s1. The van der Waals surface area contributed by atoms with E-state index in [4.69, 9.17) is 5.73 Å². The minimum absolute atomic E-state index is 0.178. The van der Waals surface area contributed by atoms with E-state index in [0.717, 1.165) is 5.70 Å². The third-order valence-corrected chi connectivity index (χ3v) is 1.97. The molecule has 1 heterocycles. The molecule has 0 bridgehead atoms. The Morgan fingerprint density at radius 3 is 2.86 bits per heavy atom.